The molecule has 0 spiro atoms. The number of aromatic nitrogens is 1. The second kappa shape index (κ2) is 9.68. The van der Waals surface area contributed by atoms with Crippen molar-refractivity contribution in [2.24, 2.45) is 5.10 Å². The minimum absolute atomic E-state index is 0.108. The van der Waals surface area contributed by atoms with E-state index in [9.17, 15) is 22.4 Å². The molecule has 2 heterocycles. The van der Waals surface area contributed by atoms with Gasteiger partial charge in [-0.1, -0.05) is 29.8 Å². The maximum Gasteiger partial charge on any atom is 0.573 e. The van der Waals surface area contributed by atoms with Crippen LogP contribution in [0.1, 0.15) is 17.0 Å². The first-order valence-electron chi connectivity index (χ1n) is 10.0. The molecular weight excluding hydrogens is 476 g/mol. The molecule has 0 saturated carbocycles. The summed E-state index contributed by atoms with van der Waals surface area (Å²) in [6.07, 6.45) is -3.17. The molecule has 1 amide bonds. The Morgan fingerprint density at radius 1 is 1.09 bits per heavy atom. The Kier molecular flexibility index (Phi) is 6.69. The van der Waals surface area contributed by atoms with Gasteiger partial charge in [0.05, 0.1) is 5.71 Å². The van der Waals surface area contributed by atoms with E-state index < -0.39 is 18.0 Å². The lowest BCUT2D eigenvalue weighted by Gasteiger charge is -2.16. The highest BCUT2D eigenvalue weighted by molar-refractivity contribution is 6.29. The topological polar surface area (TPSA) is 66.8 Å². The van der Waals surface area contributed by atoms with Crippen molar-refractivity contribution in [2.75, 3.05) is 18.4 Å². The average Bonchev–Trinajstić information content (AvgIpc) is 3.18. The summed E-state index contributed by atoms with van der Waals surface area (Å²) in [5, 5.41) is 9.08. The Morgan fingerprint density at radius 2 is 1.79 bits per heavy atom. The summed E-state index contributed by atoms with van der Waals surface area (Å²) in [7, 11) is 0. The van der Waals surface area contributed by atoms with Gasteiger partial charge in [0.1, 0.15) is 23.3 Å². The van der Waals surface area contributed by atoms with Crippen LogP contribution in [0.3, 0.4) is 0 Å². The van der Waals surface area contributed by atoms with E-state index in [2.05, 4.69) is 20.1 Å². The predicted molar refractivity (Wildman–Crippen MR) is 118 cm³/mol. The van der Waals surface area contributed by atoms with Gasteiger partial charge in [-0.15, -0.1) is 13.2 Å². The van der Waals surface area contributed by atoms with Gasteiger partial charge in [-0.3, -0.25) is 9.80 Å². The fraction of sp³-hybridized carbons (Fsp3) is 0.174. The van der Waals surface area contributed by atoms with Crippen LogP contribution in [-0.2, 0) is 4.79 Å². The minimum Gasteiger partial charge on any atom is -0.406 e. The predicted octanol–water partition coefficient (Wildman–Crippen LogP) is 5.21. The van der Waals surface area contributed by atoms with Crippen LogP contribution in [0.2, 0.25) is 5.15 Å². The first-order chi connectivity index (χ1) is 16.2. The van der Waals surface area contributed by atoms with Crippen LogP contribution in [0, 0.1) is 5.82 Å². The van der Waals surface area contributed by atoms with Crippen LogP contribution in [0.15, 0.2) is 72.0 Å². The molecule has 4 rings (SSSR count). The largest absolute Gasteiger partial charge is 0.573 e. The van der Waals surface area contributed by atoms with E-state index in [-0.39, 0.29) is 18.3 Å². The fourth-order valence-electron chi connectivity index (χ4n) is 3.50. The number of benzene rings is 2. The quantitative estimate of drug-likeness (QED) is 0.379. The van der Waals surface area contributed by atoms with Crippen LogP contribution < -0.4 is 10.1 Å². The van der Waals surface area contributed by atoms with Crippen LogP contribution in [-0.4, -0.2) is 41.1 Å². The van der Waals surface area contributed by atoms with Gasteiger partial charge in [-0.2, -0.15) is 5.10 Å². The van der Waals surface area contributed by atoms with E-state index >= 15 is 0 Å². The SMILES string of the molecule is O=C(CN1CC(c2ccc(Cl)nc2)C(c2ccc(F)cc2)=N1)Nc1ccc(OC(F)(F)F)cc1. The van der Waals surface area contributed by atoms with Crippen LogP contribution >= 0.6 is 11.6 Å². The Labute approximate surface area is 196 Å². The molecule has 1 aliphatic rings. The van der Waals surface area contributed by atoms with Crippen molar-refractivity contribution in [3.63, 3.8) is 0 Å². The number of nitrogens with one attached hydrogen (secondary N) is 1. The Hall–Kier alpha value is -3.66. The molecule has 0 radical (unpaired) electrons. The van der Waals surface area contributed by atoms with E-state index in [4.69, 9.17) is 11.6 Å². The van der Waals surface area contributed by atoms with Gasteiger partial charge < -0.3 is 10.1 Å². The van der Waals surface area contributed by atoms with Crippen LogP contribution in [0.25, 0.3) is 0 Å². The minimum atomic E-state index is -4.79. The molecule has 176 valence electrons. The highest BCUT2D eigenvalue weighted by atomic mass is 35.5. The summed E-state index contributed by atoms with van der Waals surface area (Å²) in [5.74, 6) is -1.42. The first-order valence-corrected chi connectivity index (χ1v) is 10.4. The number of carbonyl (C=O) groups excluding carboxylic acids is 1. The van der Waals surface area contributed by atoms with E-state index in [1.807, 2.05) is 6.07 Å². The summed E-state index contributed by atoms with van der Waals surface area (Å²) in [4.78, 5) is 16.7. The van der Waals surface area contributed by atoms with Crippen molar-refractivity contribution in [1.82, 2.24) is 9.99 Å². The van der Waals surface area contributed by atoms with Gasteiger partial charge in [0.15, 0.2) is 0 Å². The zero-order valence-corrected chi connectivity index (χ0v) is 18.1. The molecule has 0 saturated heterocycles. The highest BCUT2D eigenvalue weighted by Gasteiger charge is 2.32. The summed E-state index contributed by atoms with van der Waals surface area (Å²) >= 11 is 5.90. The Morgan fingerprint density at radius 3 is 2.41 bits per heavy atom. The summed E-state index contributed by atoms with van der Waals surface area (Å²) in [5.41, 5.74) is 2.48. The molecule has 1 aliphatic heterocycles. The maximum absolute atomic E-state index is 13.4. The molecule has 0 aliphatic carbocycles. The third kappa shape index (κ3) is 6.02. The second-order valence-electron chi connectivity index (χ2n) is 7.43. The first kappa shape index (κ1) is 23.5. The maximum atomic E-state index is 13.4. The molecule has 6 nitrogen and oxygen atoms in total. The molecule has 1 aromatic heterocycles. The van der Waals surface area contributed by atoms with Crippen molar-refractivity contribution in [3.8, 4) is 5.75 Å². The average molecular weight is 493 g/mol. The van der Waals surface area contributed by atoms with Gasteiger partial charge in [-0.25, -0.2) is 9.37 Å². The molecular formula is C23H17ClF4N4O2. The molecule has 0 fully saturated rings. The number of hydrogen-bond donors (Lipinski definition) is 1. The number of carbonyl (C=O) groups is 1. The van der Waals surface area contributed by atoms with E-state index in [0.717, 1.165) is 17.7 Å². The lowest BCUT2D eigenvalue weighted by Crippen LogP contribution is -2.29. The number of amides is 1. The number of halogens is 5. The molecule has 11 heteroatoms. The number of alkyl halides is 3. The lowest BCUT2D eigenvalue weighted by atomic mass is 9.91. The number of hydrazone groups is 1. The number of ether oxygens (including phenoxy) is 1. The van der Waals surface area contributed by atoms with E-state index in [0.29, 0.717) is 28.7 Å². The van der Waals surface area contributed by atoms with Crippen LogP contribution in [0.4, 0.5) is 23.2 Å². The monoisotopic (exact) mass is 492 g/mol. The molecule has 1 N–H and O–H groups in total. The summed E-state index contributed by atoms with van der Waals surface area (Å²) < 4.78 is 54.1. The van der Waals surface area contributed by atoms with Crippen molar-refractivity contribution < 1.29 is 27.1 Å². The highest BCUT2D eigenvalue weighted by Crippen LogP contribution is 2.29. The second-order valence-corrected chi connectivity index (χ2v) is 7.81. The zero-order chi connectivity index (χ0) is 24.3. The Balaban J connectivity index is 1.47. The number of rotatable bonds is 6. The molecule has 1 atom stereocenters. The summed E-state index contributed by atoms with van der Waals surface area (Å²) in [6.45, 7) is 0.255. The molecule has 1 unspecified atom stereocenters. The molecule has 0 bridgehead atoms. The third-order valence-corrected chi connectivity index (χ3v) is 5.19. The smallest absolute Gasteiger partial charge is 0.406 e. The van der Waals surface area contributed by atoms with Gasteiger partial charge >= 0.3 is 6.36 Å². The lowest BCUT2D eigenvalue weighted by molar-refractivity contribution is -0.274. The molecule has 2 aromatic carbocycles. The summed E-state index contributed by atoms with van der Waals surface area (Å²) in [6, 6.07) is 14.2. The third-order valence-electron chi connectivity index (χ3n) is 4.96. The van der Waals surface area contributed by atoms with E-state index in [1.54, 1.807) is 29.4 Å². The number of hydrogen-bond acceptors (Lipinski definition) is 5. The number of anilines is 1. The van der Waals surface area contributed by atoms with Crippen molar-refractivity contribution in [3.05, 3.63) is 89.0 Å². The van der Waals surface area contributed by atoms with Crippen molar-refractivity contribution in [2.45, 2.75) is 12.3 Å². The zero-order valence-electron chi connectivity index (χ0n) is 17.4. The standard InChI is InChI=1S/C23H17ClF4N4O2/c24-20-10-3-15(11-29-20)19-12-32(31-22(19)14-1-4-16(25)5-2-14)13-21(33)30-17-6-8-18(9-7-17)34-23(26,27)28/h1-11,19H,12-13H2,(H,30,33). The van der Waals surface area contributed by atoms with Gasteiger partial charge in [0.25, 0.3) is 0 Å². The van der Waals surface area contributed by atoms with Crippen molar-refractivity contribution in [1.29, 1.82) is 0 Å². The van der Waals surface area contributed by atoms with Gasteiger partial charge in [-0.05, 0) is 53.6 Å². The van der Waals surface area contributed by atoms with Gasteiger partial charge in [0, 0.05) is 24.3 Å². The van der Waals surface area contributed by atoms with Crippen molar-refractivity contribution >= 4 is 28.9 Å². The Bertz CT molecular complexity index is 1180. The number of pyridine rings is 1. The molecule has 34 heavy (non-hydrogen) atoms. The van der Waals surface area contributed by atoms with Gasteiger partial charge in [0.2, 0.25) is 5.91 Å². The van der Waals surface area contributed by atoms with Crippen LogP contribution in [0.5, 0.6) is 5.75 Å². The molecule has 3 aromatic rings. The number of nitrogens with zero attached hydrogens (tertiary/aromatic N) is 3. The van der Waals surface area contributed by atoms with E-state index in [1.165, 1.54) is 24.3 Å². The fourth-order valence-corrected chi connectivity index (χ4v) is 3.61. The normalized spacial score (nSPS) is 15.7.